The minimum atomic E-state index is -1.21. The maximum absolute atomic E-state index is 12.3. The van der Waals surface area contributed by atoms with Crippen molar-refractivity contribution >= 4 is 0 Å². The Bertz CT molecular complexity index is 264. The molecule has 0 aliphatic carbocycles. The Morgan fingerprint density at radius 3 is 2.23 bits per heavy atom. The van der Waals surface area contributed by atoms with Gasteiger partial charge >= 0.3 is 18.2 Å². The van der Waals surface area contributed by atoms with Gasteiger partial charge in [0.1, 0.15) is 6.61 Å². The van der Waals surface area contributed by atoms with Crippen LogP contribution in [0.2, 0.25) is 0 Å². The fourth-order valence-electron chi connectivity index (χ4n) is 0.590. The maximum atomic E-state index is 12.3. The van der Waals surface area contributed by atoms with Gasteiger partial charge in [0, 0.05) is 7.11 Å². The summed E-state index contributed by atoms with van der Waals surface area (Å²) in [5, 5.41) is 0. The Hall–Kier alpha value is -1.37. The Morgan fingerprint density at radius 2 is 1.69 bits per heavy atom. The highest BCUT2D eigenvalue weighted by molar-refractivity contribution is 4.88. The van der Waals surface area contributed by atoms with Gasteiger partial charge in [0.05, 0.1) is 6.61 Å². The van der Waals surface area contributed by atoms with E-state index in [0.717, 1.165) is 0 Å². The molecule has 0 saturated carbocycles. The van der Waals surface area contributed by atoms with Gasteiger partial charge in [-0.2, -0.15) is 13.8 Å². The van der Waals surface area contributed by atoms with Crippen LogP contribution < -0.4 is 4.74 Å². The van der Waals surface area contributed by atoms with E-state index in [1.165, 1.54) is 7.11 Å². The lowest BCUT2D eigenvalue weighted by Crippen LogP contribution is -2.09. The molecule has 0 bridgehead atoms. The van der Waals surface area contributed by atoms with Gasteiger partial charge in [0.15, 0.2) is 0 Å². The lowest BCUT2D eigenvalue weighted by atomic mass is 10.8. The molecule has 1 heterocycles. The van der Waals surface area contributed by atoms with Crippen molar-refractivity contribution in [3.8, 4) is 6.01 Å². The second-order valence-electron chi connectivity index (χ2n) is 2.00. The zero-order chi connectivity index (χ0) is 9.68. The highest BCUT2D eigenvalue weighted by Crippen LogP contribution is 2.01. The number of hydrogen-bond donors (Lipinski definition) is 0. The molecule has 5 nitrogen and oxygen atoms in total. The summed E-state index contributed by atoms with van der Waals surface area (Å²) in [6.45, 7) is 0.411. The smallest absolute Gasteiger partial charge is 0.324 e. The number of ether oxygens (including phenoxy) is 2. The van der Waals surface area contributed by atoms with E-state index < -0.39 is 12.2 Å². The van der Waals surface area contributed by atoms with E-state index in [4.69, 9.17) is 4.74 Å². The molecule has 0 aliphatic heterocycles. The largest absolute Gasteiger partial charge is 0.461 e. The van der Waals surface area contributed by atoms with Crippen molar-refractivity contribution in [1.82, 2.24) is 15.0 Å². The first kappa shape index (κ1) is 9.72. The Labute approximate surface area is 72.7 Å². The maximum Gasteiger partial charge on any atom is 0.324 e. The Balaban J connectivity index is 2.56. The van der Waals surface area contributed by atoms with E-state index in [1.807, 2.05) is 0 Å². The first-order valence-electron chi connectivity index (χ1n) is 3.41. The molecule has 0 spiro atoms. The number of aromatic nitrogens is 3. The topological polar surface area (TPSA) is 57.1 Å². The number of rotatable bonds is 4. The van der Waals surface area contributed by atoms with Gasteiger partial charge in [-0.05, 0) is 0 Å². The van der Waals surface area contributed by atoms with Crippen molar-refractivity contribution < 1.29 is 18.3 Å². The summed E-state index contributed by atoms with van der Waals surface area (Å²) in [5.41, 5.74) is 0. The van der Waals surface area contributed by atoms with Crippen LogP contribution in [0.1, 0.15) is 0 Å². The lowest BCUT2D eigenvalue weighted by molar-refractivity contribution is 0.138. The molecular formula is C6H7F2N3O2. The molecule has 0 amide bonds. The number of hydrogen-bond acceptors (Lipinski definition) is 5. The van der Waals surface area contributed by atoms with E-state index in [0.29, 0.717) is 0 Å². The van der Waals surface area contributed by atoms with Gasteiger partial charge in [-0.1, -0.05) is 0 Å². The van der Waals surface area contributed by atoms with E-state index in [2.05, 4.69) is 19.7 Å². The van der Waals surface area contributed by atoms with Gasteiger partial charge in [-0.3, -0.25) is 0 Å². The van der Waals surface area contributed by atoms with Crippen molar-refractivity contribution in [3.05, 3.63) is 12.2 Å². The zero-order valence-corrected chi connectivity index (χ0v) is 6.83. The van der Waals surface area contributed by atoms with Gasteiger partial charge < -0.3 is 9.47 Å². The molecule has 0 N–H and O–H groups in total. The highest BCUT2D eigenvalue weighted by Gasteiger charge is 2.05. The molecular weight excluding hydrogens is 184 g/mol. The van der Waals surface area contributed by atoms with Crippen molar-refractivity contribution in [2.75, 3.05) is 20.3 Å². The van der Waals surface area contributed by atoms with Crippen LogP contribution >= 0.6 is 0 Å². The van der Waals surface area contributed by atoms with Gasteiger partial charge in [-0.15, -0.1) is 9.97 Å². The van der Waals surface area contributed by atoms with Crippen LogP contribution in [0.25, 0.3) is 0 Å². The van der Waals surface area contributed by atoms with Crippen LogP contribution in [0.4, 0.5) is 8.78 Å². The molecule has 13 heavy (non-hydrogen) atoms. The molecule has 0 radical (unpaired) electrons. The van der Waals surface area contributed by atoms with Crippen LogP contribution in [0.15, 0.2) is 0 Å². The zero-order valence-electron chi connectivity index (χ0n) is 6.83. The first-order chi connectivity index (χ1) is 6.22. The highest BCUT2D eigenvalue weighted by atomic mass is 19.1. The number of halogens is 2. The molecule has 0 saturated heterocycles. The molecule has 7 heteroatoms. The van der Waals surface area contributed by atoms with Crippen LogP contribution in [0.5, 0.6) is 6.01 Å². The standard InChI is InChI=1S/C6H7F2N3O2/c1-12-2-3-13-6-10-4(7)9-5(8)11-6/h2-3H2,1H3. The van der Waals surface area contributed by atoms with Crippen molar-refractivity contribution in [2.24, 2.45) is 0 Å². The second-order valence-corrected chi connectivity index (χ2v) is 2.00. The summed E-state index contributed by atoms with van der Waals surface area (Å²) in [5.74, 6) is 0. The molecule has 0 atom stereocenters. The second kappa shape index (κ2) is 4.61. The predicted molar refractivity (Wildman–Crippen MR) is 37.1 cm³/mol. The monoisotopic (exact) mass is 191 g/mol. The Kier molecular flexibility index (Phi) is 3.44. The van der Waals surface area contributed by atoms with Crippen LogP contribution in [-0.4, -0.2) is 35.3 Å². The predicted octanol–water partition coefficient (Wildman–Crippen LogP) is 0.175. The molecule has 1 rings (SSSR count). The van der Waals surface area contributed by atoms with Gasteiger partial charge in [0.25, 0.3) is 0 Å². The number of methoxy groups -OCH3 is 1. The third-order valence-electron chi connectivity index (χ3n) is 1.08. The summed E-state index contributed by atoms with van der Waals surface area (Å²) >= 11 is 0. The van der Waals surface area contributed by atoms with E-state index in [-0.39, 0.29) is 19.2 Å². The van der Waals surface area contributed by atoms with Crippen molar-refractivity contribution in [3.63, 3.8) is 0 Å². The number of nitrogens with zero attached hydrogens (tertiary/aromatic N) is 3. The third kappa shape index (κ3) is 3.24. The Morgan fingerprint density at radius 1 is 1.08 bits per heavy atom. The van der Waals surface area contributed by atoms with E-state index in [9.17, 15) is 8.78 Å². The summed E-state index contributed by atoms with van der Waals surface area (Å²) in [6.07, 6.45) is -2.42. The molecule has 0 aliphatic rings. The summed E-state index contributed by atoms with van der Waals surface area (Å²) in [6, 6.07) is -0.387. The lowest BCUT2D eigenvalue weighted by Gasteiger charge is -2.01. The van der Waals surface area contributed by atoms with E-state index >= 15 is 0 Å². The van der Waals surface area contributed by atoms with Gasteiger partial charge in [0.2, 0.25) is 0 Å². The van der Waals surface area contributed by atoms with E-state index in [1.54, 1.807) is 0 Å². The summed E-state index contributed by atoms with van der Waals surface area (Å²) < 4.78 is 34.0. The van der Waals surface area contributed by atoms with Crippen molar-refractivity contribution in [2.45, 2.75) is 0 Å². The SMILES string of the molecule is COCCOc1nc(F)nc(F)n1. The fourth-order valence-corrected chi connectivity index (χ4v) is 0.590. The van der Waals surface area contributed by atoms with Crippen molar-refractivity contribution in [1.29, 1.82) is 0 Å². The molecule has 0 fully saturated rings. The molecule has 72 valence electrons. The average molecular weight is 191 g/mol. The molecule has 0 aromatic carbocycles. The quantitative estimate of drug-likeness (QED) is 0.635. The minimum Gasteiger partial charge on any atom is -0.461 e. The van der Waals surface area contributed by atoms with Gasteiger partial charge in [-0.25, -0.2) is 0 Å². The molecule has 1 aromatic heterocycles. The molecule has 1 aromatic rings. The van der Waals surface area contributed by atoms with Crippen LogP contribution in [-0.2, 0) is 4.74 Å². The minimum absolute atomic E-state index is 0.124. The molecule has 0 unspecified atom stereocenters. The average Bonchev–Trinajstić information content (AvgIpc) is 2.03. The van der Waals surface area contributed by atoms with Crippen LogP contribution in [0.3, 0.4) is 0 Å². The summed E-state index contributed by atoms with van der Waals surface area (Å²) in [4.78, 5) is 8.89. The normalized spacial score (nSPS) is 10.1. The van der Waals surface area contributed by atoms with Crippen LogP contribution in [0, 0.1) is 12.2 Å². The first-order valence-corrected chi connectivity index (χ1v) is 3.41. The third-order valence-corrected chi connectivity index (χ3v) is 1.08. The summed E-state index contributed by atoms with van der Waals surface area (Å²) in [7, 11) is 1.47. The fraction of sp³-hybridized carbons (Fsp3) is 0.500.